The van der Waals surface area contributed by atoms with Gasteiger partial charge in [-0.25, -0.2) is 22.9 Å². The van der Waals surface area contributed by atoms with Crippen molar-refractivity contribution in [3.63, 3.8) is 0 Å². The molecule has 0 spiro atoms. The molecule has 0 saturated carbocycles. The highest BCUT2D eigenvalue weighted by Gasteiger charge is 2.23. The molecule has 1 fully saturated rings. The van der Waals surface area contributed by atoms with E-state index < -0.39 is 21.3 Å². The van der Waals surface area contributed by atoms with Crippen molar-refractivity contribution in [2.45, 2.75) is 39.3 Å². The maximum Gasteiger partial charge on any atom is 0.349 e. The monoisotopic (exact) mass is 446 g/mol. The summed E-state index contributed by atoms with van der Waals surface area (Å²) < 4.78 is 27.5. The van der Waals surface area contributed by atoms with Crippen molar-refractivity contribution in [2.75, 3.05) is 25.9 Å². The van der Waals surface area contributed by atoms with E-state index in [0.29, 0.717) is 18.6 Å². The van der Waals surface area contributed by atoms with E-state index in [2.05, 4.69) is 24.6 Å². The molecule has 0 radical (unpaired) electrons. The zero-order valence-electron chi connectivity index (χ0n) is 17.8. The third kappa shape index (κ3) is 4.68. The molecule has 166 valence electrons. The fraction of sp³-hybridized carbons (Fsp3) is 0.500. The lowest BCUT2D eigenvalue weighted by atomic mass is 10.1. The zero-order valence-corrected chi connectivity index (χ0v) is 18.6. The lowest BCUT2D eigenvalue weighted by molar-refractivity contribution is 0.201. The molecule has 0 unspecified atom stereocenters. The number of piperidine rings is 1. The largest absolute Gasteiger partial charge is 0.349 e. The van der Waals surface area contributed by atoms with Crippen LogP contribution in [0.4, 0.5) is 0 Å². The number of aryl methyl sites for hydroxylation is 2. The van der Waals surface area contributed by atoms with Crippen molar-refractivity contribution in [1.82, 2.24) is 29.1 Å². The lowest BCUT2D eigenvalue weighted by Gasteiger charge is -2.32. The first-order chi connectivity index (χ1) is 14.6. The minimum absolute atomic E-state index is 0.0460. The molecule has 3 aliphatic heterocycles. The van der Waals surface area contributed by atoms with Gasteiger partial charge in [-0.05, 0) is 63.0 Å². The molecule has 3 aliphatic rings. The number of sulfonamides is 1. The molecule has 0 aromatic heterocycles. The predicted molar refractivity (Wildman–Crippen MR) is 118 cm³/mol. The first-order valence-corrected chi connectivity index (χ1v) is 12.1. The van der Waals surface area contributed by atoms with Crippen molar-refractivity contribution in [3.8, 4) is 11.5 Å². The summed E-state index contributed by atoms with van der Waals surface area (Å²) in [5.74, 6) is 0.276. The van der Waals surface area contributed by atoms with Crippen molar-refractivity contribution in [2.24, 2.45) is 0 Å². The summed E-state index contributed by atoms with van der Waals surface area (Å²) in [6, 6.07) is 3.90. The Morgan fingerprint density at radius 1 is 1.10 bits per heavy atom. The van der Waals surface area contributed by atoms with Crippen molar-refractivity contribution in [1.29, 1.82) is 0 Å². The number of aromatic amines is 1. The molecular formula is C20H26N6O4S. The summed E-state index contributed by atoms with van der Waals surface area (Å²) in [6.45, 7) is 6.72. The second-order valence-electron chi connectivity index (χ2n) is 8.24. The number of hydrogen-bond acceptors (Lipinski definition) is 7. The Morgan fingerprint density at radius 2 is 1.77 bits per heavy atom. The van der Waals surface area contributed by atoms with Crippen LogP contribution in [0.25, 0.3) is 22.6 Å². The molecule has 1 saturated heterocycles. The Morgan fingerprint density at radius 3 is 2.45 bits per heavy atom. The second-order valence-corrected chi connectivity index (χ2v) is 10.0. The summed E-state index contributed by atoms with van der Waals surface area (Å²) in [6.07, 6.45) is 2.64. The van der Waals surface area contributed by atoms with Gasteiger partial charge >= 0.3 is 5.69 Å². The van der Waals surface area contributed by atoms with Crippen LogP contribution in [0.3, 0.4) is 0 Å². The van der Waals surface area contributed by atoms with Gasteiger partial charge < -0.3 is 9.47 Å². The van der Waals surface area contributed by atoms with E-state index in [0.717, 1.165) is 42.6 Å². The molecular weight excluding hydrogens is 420 g/mol. The molecule has 0 atom stereocenters. The van der Waals surface area contributed by atoms with Gasteiger partial charge in [-0.3, -0.25) is 9.78 Å². The van der Waals surface area contributed by atoms with Crippen LogP contribution in [-0.2, 0) is 16.6 Å². The first kappa shape index (κ1) is 21.6. The van der Waals surface area contributed by atoms with E-state index in [-0.39, 0.29) is 17.6 Å². The topological polar surface area (TPSA) is 130 Å². The van der Waals surface area contributed by atoms with Gasteiger partial charge in [-0.1, -0.05) is 0 Å². The SMILES string of the molecule is Cc1cc2nc3c(=O)[nH]c(=O)nc-3n(CCN3CCC(NS(C)(=O)=O)CC3)c2cc1C. The second kappa shape index (κ2) is 8.13. The van der Waals surface area contributed by atoms with Gasteiger partial charge in [0.25, 0.3) is 5.56 Å². The lowest BCUT2D eigenvalue weighted by Crippen LogP contribution is -2.45. The van der Waals surface area contributed by atoms with E-state index in [4.69, 9.17) is 0 Å². The number of nitrogens with zero attached hydrogens (tertiary/aromatic N) is 4. The van der Waals surface area contributed by atoms with Crippen LogP contribution in [0, 0.1) is 13.8 Å². The van der Waals surface area contributed by atoms with Gasteiger partial charge in [0.1, 0.15) is 0 Å². The average Bonchev–Trinajstić information content (AvgIpc) is 2.67. The van der Waals surface area contributed by atoms with E-state index in [9.17, 15) is 18.0 Å². The van der Waals surface area contributed by atoms with Crippen LogP contribution in [0.5, 0.6) is 0 Å². The van der Waals surface area contributed by atoms with Gasteiger partial charge in [0.2, 0.25) is 10.0 Å². The molecule has 1 aromatic carbocycles. The van der Waals surface area contributed by atoms with Crippen LogP contribution < -0.4 is 16.0 Å². The van der Waals surface area contributed by atoms with Gasteiger partial charge in [0.05, 0.1) is 17.3 Å². The maximum atomic E-state index is 12.4. The molecule has 1 aromatic rings. The highest BCUT2D eigenvalue weighted by atomic mass is 32.2. The van der Waals surface area contributed by atoms with Crippen LogP contribution >= 0.6 is 0 Å². The van der Waals surface area contributed by atoms with E-state index in [1.54, 1.807) is 0 Å². The zero-order chi connectivity index (χ0) is 22.3. The van der Waals surface area contributed by atoms with Crippen molar-refractivity contribution in [3.05, 3.63) is 44.1 Å². The van der Waals surface area contributed by atoms with Crippen molar-refractivity contribution >= 4 is 21.1 Å². The summed E-state index contributed by atoms with van der Waals surface area (Å²) in [4.78, 5) is 37.2. The number of aromatic nitrogens is 4. The Labute approximate surface area is 179 Å². The Kier molecular flexibility index (Phi) is 5.67. The standard InChI is InChI=1S/C20H26N6O4S/c1-12-10-15-16(11-13(12)2)26(18-17(21-15)19(27)23-20(28)22-18)9-8-25-6-4-14(5-7-25)24-31(3,29)30/h10-11,14,24H,4-9H2,1-3H3,(H,23,27,28). The maximum absolute atomic E-state index is 12.4. The summed E-state index contributed by atoms with van der Waals surface area (Å²) >= 11 is 0. The van der Waals surface area contributed by atoms with Crippen LogP contribution in [0.1, 0.15) is 24.0 Å². The highest BCUT2D eigenvalue weighted by Crippen LogP contribution is 2.24. The predicted octanol–water partition coefficient (Wildman–Crippen LogP) is 0.215. The molecule has 2 N–H and O–H groups in total. The molecule has 4 rings (SSSR count). The summed E-state index contributed by atoms with van der Waals surface area (Å²) in [5, 5.41) is 0. The van der Waals surface area contributed by atoms with Crippen molar-refractivity contribution < 1.29 is 8.42 Å². The summed E-state index contributed by atoms with van der Waals surface area (Å²) in [7, 11) is -3.21. The van der Waals surface area contributed by atoms with Gasteiger partial charge in [0.15, 0.2) is 11.5 Å². The molecule has 31 heavy (non-hydrogen) atoms. The number of hydrogen-bond donors (Lipinski definition) is 2. The quantitative estimate of drug-likeness (QED) is 0.536. The smallest absolute Gasteiger partial charge is 0.321 e. The third-order valence-electron chi connectivity index (χ3n) is 5.83. The molecule has 0 bridgehead atoms. The minimum Gasteiger partial charge on any atom is -0.321 e. The fourth-order valence-corrected chi connectivity index (χ4v) is 4.94. The van der Waals surface area contributed by atoms with Crippen LogP contribution in [0.2, 0.25) is 0 Å². The number of benzene rings is 1. The Hall–Kier alpha value is -2.63. The van der Waals surface area contributed by atoms with Gasteiger partial charge in [-0.15, -0.1) is 0 Å². The molecule has 11 heteroatoms. The van der Waals surface area contributed by atoms with E-state index >= 15 is 0 Å². The minimum atomic E-state index is -3.21. The highest BCUT2D eigenvalue weighted by molar-refractivity contribution is 7.88. The number of nitrogens with one attached hydrogen (secondary N) is 2. The normalized spacial score (nSPS) is 16.4. The molecule has 3 heterocycles. The van der Waals surface area contributed by atoms with Crippen LogP contribution in [0.15, 0.2) is 21.7 Å². The average molecular weight is 447 g/mol. The fourth-order valence-electron chi connectivity index (χ4n) is 4.09. The van der Waals surface area contributed by atoms with Gasteiger partial charge in [0, 0.05) is 19.1 Å². The molecule has 0 aliphatic carbocycles. The first-order valence-electron chi connectivity index (χ1n) is 10.2. The van der Waals surface area contributed by atoms with Gasteiger partial charge in [-0.2, -0.15) is 4.98 Å². The van der Waals surface area contributed by atoms with Crippen LogP contribution in [-0.4, -0.2) is 64.8 Å². The van der Waals surface area contributed by atoms with E-state index in [1.807, 2.05) is 30.5 Å². The third-order valence-corrected chi connectivity index (χ3v) is 6.59. The number of likely N-dealkylation sites (tertiary alicyclic amines) is 1. The Balaban J connectivity index is 1.64. The number of H-pyrrole nitrogens is 1. The number of fused-ring (bicyclic) bond motifs is 2. The molecule has 10 nitrogen and oxygen atoms in total. The molecule has 0 amide bonds. The van der Waals surface area contributed by atoms with E-state index in [1.165, 1.54) is 6.26 Å². The Bertz CT molecular complexity index is 1320. The summed E-state index contributed by atoms with van der Waals surface area (Å²) in [5.41, 5.74) is 2.56. The number of rotatable bonds is 5.